The van der Waals surface area contributed by atoms with Gasteiger partial charge in [0.2, 0.25) is 0 Å². The quantitative estimate of drug-likeness (QED) is 0.471. The van der Waals surface area contributed by atoms with Crippen molar-refractivity contribution >= 4 is 55.3 Å². The highest BCUT2D eigenvalue weighted by Crippen LogP contribution is 2.30. The molecule has 0 fully saturated rings. The zero-order chi connectivity index (χ0) is 19.6. The highest BCUT2D eigenvalue weighted by Gasteiger charge is 2.22. The molecule has 1 heterocycles. The Morgan fingerprint density at radius 3 is 2.63 bits per heavy atom. The van der Waals surface area contributed by atoms with Crippen molar-refractivity contribution in [2.24, 2.45) is 0 Å². The predicted octanol–water partition coefficient (Wildman–Crippen LogP) is 5.14. The van der Waals surface area contributed by atoms with Crippen molar-refractivity contribution < 1.29 is 18.3 Å². The van der Waals surface area contributed by atoms with Gasteiger partial charge in [0.15, 0.2) is 0 Å². The predicted molar refractivity (Wildman–Crippen MR) is 116 cm³/mol. The summed E-state index contributed by atoms with van der Waals surface area (Å²) in [5, 5.41) is 0.998. The van der Waals surface area contributed by atoms with Crippen LogP contribution in [0.15, 0.2) is 55.8 Å². The van der Waals surface area contributed by atoms with Gasteiger partial charge in [-0.05, 0) is 58.2 Å². The molecule has 4 nitrogen and oxygen atoms in total. The minimum atomic E-state index is -1.32. The first-order valence-corrected chi connectivity index (χ1v) is 12.0. The molecule has 0 saturated heterocycles. The van der Waals surface area contributed by atoms with Crippen LogP contribution in [0, 0.1) is 6.92 Å². The lowest BCUT2D eigenvalue weighted by atomic mass is 10.1. The first-order valence-electron chi connectivity index (χ1n) is 8.13. The Bertz CT molecular complexity index is 969. The molecule has 2 aromatic carbocycles. The number of furan rings is 1. The van der Waals surface area contributed by atoms with Gasteiger partial charge in [0.05, 0.1) is 16.8 Å². The Morgan fingerprint density at radius 2 is 1.93 bits per heavy atom. The molecule has 0 N–H and O–H groups in total. The van der Waals surface area contributed by atoms with Gasteiger partial charge in [0.1, 0.15) is 30.5 Å². The molecule has 0 saturated carbocycles. The van der Waals surface area contributed by atoms with Crippen LogP contribution in [0.2, 0.25) is 0 Å². The minimum Gasteiger partial charge on any atom is -0.608 e. The molecule has 3 aromatic rings. The van der Waals surface area contributed by atoms with E-state index >= 15 is 0 Å². The van der Waals surface area contributed by atoms with E-state index in [1.54, 1.807) is 12.3 Å². The van der Waals surface area contributed by atoms with Crippen LogP contribution in [0.5, 0.6) is 5.75 Å². The standard InChI is InChI=1S/C20H19BrO4S2/c1-13-5-4-6-18(16(13)11-19(26(2)22)27(3)23)25-12-14-9-15-7-8-24-20(15)17(21)10-14/h4-11H,12H2,1-3H3. The number of benzene rings is 2. The molecule has 0 aliphatic rings. The Morgan fingerprint density at radius 1 is 1.19 bits per heavy atom. The average molecular weight is 467 g/mol. The van der Waals surface area contributed by atoms with Gasteiger partial charge in [-0.2, -0.15) is 0 Å². The van der Waals surface area contributed by atoms with Crippen molar-refractivity contribution in [1.29, 1.82) is 0 Å². The van der Waals surface area contributed by atoms with Crippen LogP contribution in [0.4, 0.5) is 0 Å². The van der Waals surface area contributed by atoms with Crippen LogP contribution in [-0.2, 0) is 29.0 Å². The van der Waals surface area contributed by atoms with Crippen LogP contribution in [0.1, 0.15) is 16.7 Å². The van der Waals surface area contributed by atoms with E-state index in [-0.39, 0.29) is 0 Å². The SMILES string of the molecule is Cc1cccc(OCc2cc(Br)c3occc3c2)c1C=C([S+](C)[O-])[S+](C)[O-]. The molecule has 0 aliphatic heterocycles. The third kappa shape index (κ3) is 4.73. The van der Waals surface area contributed by atoms with Crippen molar-refractivity contribution in [1.82, 2.24) is 0 Å². The van der Waals surface area contributed by atoms with Crippen molar-refractivity contribution in [3.63, 3.8) is 0 Å². The number of aryl methyl sites for hydroxylation is 1. The fourth-order valence-corrected chi connectivity index (χ4v) is 5.26. The molecule has 0 bridgehead atoms. The second kappa shape index (κ2) is 8.75. The maximum absolute atomic E-state index is 11.9. The van der Waals surface area contributed by atoms with E-state index in [1.165, 1.54) is 12.5 Å². The molecule has 0 aliphatic carbocycles. The number of rotatable bonds is 6. The zero-order valence-corrected chi connectivity index (χ0v) is 18.4. The van der Waals surface area contributed by atoms with E-state index in [9.17, 15) is 9.11 Å². The summed E-state index contributed by atoms with van der Waals surface area (Å²) >= 11 is 0.886. The summed E-state index contributed by atoms with van der Waals surface area (Å²) in [6.45, 7) is 2.31. The van der Waals surface area contributed by atoms with Gasteiger partial charge in [-0.3, -0.25) is 0 Å². The summed E-state index contributed by atoms with van der Waals surface area (Å²) in [5.74, 6) is 0.659. The fourth-order valence-electron chi connectivity index (χ4n) is 2.75. The molecule has 0 spiro atoms. The third-order valence-corrected chi connectivity index (χ3v) is 7.44. The lowest BCUT2D eigenvalue weighted by molar-refractivity contribution is 0.305. The van der Waals surface area contributed by atoms with Gasteiger partial charge in [-0.25, -0.2) is 0 Å². The molecule has 0 amide bonds. The molecular formula is C20H19BrO4S2. The second-order valence-electron chi connectivity index (χ2n) is 6.06. The molecule has 0 radical (unpaired) electrons. The Balaban J connectivity index is 1.90. The fraction of sp³-hybridized carbons (Fsp3) is 0.200. The monoisotopic (exact) mass is 466 g/mol. The lowest BCUT2D eigenvalue weighted by Gasteiger charge is -2.14. The van der Waals surface area contributed by atoms with Crippen molar-refractivity contribution in [2.75, 3.05) is 12.5 Å². The number of hydrogen-bond acceptors (Lipinski definition) is 4. The number of hydrogen-bond donors (Lipinski definition) is 0. The van der Waals surface area contributed by atoms with Crippen LogP contribution < -0.4 is 4.74 Å². The normalized spacial score (nSPS) is 13.4. The summed E-state index contributed by atoms with van der Waals surface area (Å²) in [7, 11) is 0. The van der Waals surface area contributed by atoms with Gasteiger partial charge >= 0.3 is 4.24 Å². The summed E-state index contributed by atoms with van der Waals surface area (Å²) in [4.78, 5) is 0. The average Bonchev–Trinajstić information content (AvgIpc) is 3.07. The Hall–Kier alpha value is -1.38. The van der Waals surface area contributed by atoms with E-state index in [1.807, 2.05) is 43.3 Å². The van der Waals surface area contributed by atoms with E-state index in [2.05, 4.69) is 15.9 Å². The zero-order valence-electron chi connectivity index (χ0n) is 15.2. The van der Waals surface area contributed by atoms with Gasteiger partial charge in [0.25, 0.3) is 0 Å². The second-order valence-corrected chi connectivity index (χ2v) is 9.87. The van der Waals surface area contributed by atoms with Gasteiger partial charge < -0.3 is 18.3 Å². The first-order chi connectivity index (χ1) is 12.9. The summed E-state index contributed by atoms with van der Waals surface area (Å²) in [6, 6.07) is 11.6. The largest absolute Gasteiger partial charge is 0.608 e. The Kier molecular flexibility index (Phi) is 6.60. The maximum atomic E-state index is 11.9. The van der Waals surface area contributed by atoms with Crippen LogP contribution in [0.3, 0.4) is 0 Å². The van der Waals surface area contributed by atoms with Gasteiger partial charge in [-0.15, -0.1) is 0 Å². The third-order valence-electron chi connectivity index (χ3n) is 4.07. The van der Waals surface area contributed by atoms with Crippen molar-refractivity contribution in [3.05, 3.63) is 68.1 Å². The maximum Gasteiger partial charge on any atom is 0.324 e. The molecule has 7 heteroatoms. The van der Waals surface area contributed by atoms with Gasteiger partial charge in [0, 0.05) is 33.3 Å². The van der Waals surface area contributed by atoms with E-state index in [4.69, 9.17) is 9.15 Å². The molecule has 142 valence electrons. The molecule has 3 rings (SSSR count). The summed E-state index contributed by atoms with van der Waals surface area (Å²) < 4.78 is 36.6. The summed E-state index contributed by atoms with van der Waals surface area (Å²) in [5.41, 5.74) is 3.55. The molecule has 27 heavy (non-hydrogen) atoms. The van der Waals surface area contributed by atoms with Crippen molar-refractivity contribution in [3.8, 4) is 5.75 Å². The number of ether oxygens (including phenoxy) is 1. The summed E-state index contributed by atoms with van der Waals surface area (Å²) in [6.07, 6.45) is 6.43. The van der Waals surface area contributed by atoms with Crippen LogP contribution >= 0.6 is 15.9 Å². The van der Waals surface area contributed by atoms with Crippen molar-refractivity contribution in [2.45, 2.75) is 13.5 Å². The lowest BCUT2D eigenvalue weighted by Crippen LogP contribution is -2.11. The number of halogens is 1. The highest BCUT2D eigenvalue weighted by atomic mass is 79.9. The smallest absolute Gasteiger partial charge is 0.324 e. The molecule has 2 unspecified atom stereocenters. The van der Waals surface area contributed by atoms with Gasteiger partial charge in [-0.1, -0.05) is 12.1 Å². The number of fused-ring (bicyclic) bond motifs is 1. The molecular weight excluding hydrogens is 448 g/mol. The Labute approximate surface area is 173 Å². The van der Waals surface area contributed by atoms with Crippen LogP contribution in [0.25, 0.3) is 17.0 Å². The van der Waals surface area contributed by atoms with E-state index < -0.39 is 22.4 Å². The highest BCUT2D eigenvalue weighted by molar-refractivity contribution is 9.10. The molecule has 1 aromatic heterocycles. The topological polar surface area (TPSA) is 68.5 Å². The molecule has 2 atom stereocenters. The van der Waals surface area contributed by atoms with E-state index in [0.29, 0.717) is 16.6 Å². The van der Waals surface area contributed by atoms with Crippen LogP contribution in [-0.4, -0.2) is 21.6 Å². The first kappa shape index (κ1) is 20.4. The minimum absolute atomic E-state index is 0.365. The van der Waals surface area contributed by atoms with E-state index in [0.717, 1.165) is 32.1 Å².